The molecule has 1 aliphatic carbocycles. The summed E-state index contributed by atoms with van der Waals surface area (Å²) in [6.45, 7) is 6.65. The molecule has 2 atom stereocenters. The molecule has 0 saturated heterocycles. The average molecular weight is 277 g/mol. The third kappa shape index (κ3) is 2.78. The number of rotatable bonds is 8. The van der Waals surface area contributed by atoms with E-state index in [-0.39, 0.29) is 0 Å². The molecule has 0 bridgehead atoms. The fourth-order valence-corrected chi connectivity index (χ4v) is 3.22. The third-order valence-corrected chi connectivity index (χ3v) is 4.55. The minimum Gasteiger partial charge on any atom is -0.493 e. The molecule has 1 fully saturated rings. The van der Waals surface area contributed by atoms with Crippen molar-refractivity contribution in [3.05, 3.63) is 23.8 Å². The van der Waals surface area contributed by atoms with E-state index in [0.717, 1.165) is 30.5 Å². The van der Waals surface area contributed by atoms with Gasteiger partial charge in [-0.2, -0.15) is 0 Å². The van der Waals surface area contributed by atoms with Gasteiger partial charge in [-0.25, -0.2) is 0 Å². The molecule has 0 spiro atoms. The number of hydrogen-bond donors (Lipinski definition) is 1. The Morgan fingerprint density at radius 3 is 2.50 bits per heavy atom. The normalized spacial score (nSPS) is 24.5. The first-order chi connectivity index (χ1) is 9.71. The van der Waals surface area contributed by atoms with Gasteiger partial charge in [-0.15, -0.1) is 0 Å². The van der Waals surface area contributed by atoms with E-state index in [9.17, 15) is 0 Å². The minimum atomic E-state index is 0.295. The Labute approximate surface area is 122 Å². The molecule has 2 rings (SSSR count). The molecule has 3 heteroatoms. The molecule has 0 heterocycles. The number of methoxy groups -OCH3 is 2. The van der Waals surface area contributed by atoms with Gasteiger partial charge < -0.3 is 14.8 Å². The Morgan fingerprint density at radius 2 is 1.95 bits per heavy atom. The van der Waals surface area contributed by atoms with Gasteiger partial charge >= 0.3 is 0 Å². The van der Waals surface area contributed by atoms with Gasteiger partial charge in [0.15, 0.2) is 11.5 Å². The van der Waals surface area contributed by atoms with Crippen molar-refractivity contribution in [2.45, 2.75) is 38.5 Å². The number of nitrogens with one attached hydrogen (secondary N) is 1. The van der Waals surface area contributed by atoms with Crippen molar-refractivity contribution in [1.29, 1.82) is 0 Å². The maximum atomic E-state index is 5.45. The van der Waals surface area contributed by atoms with Crippen LogP contribution in [0.2, 0.25) is 0 Å². The summed E-state index contributed by atoms with van der Waals surface area (Å²) in [5.74, 6) is 2.42. The molecule has 1 aliphatic rings. The Morgan fingerprint density at radius 1 is 1.20 bits per heavy atom. The summed E-state index contributed by atoms with van der Waals surface area (Å²) in [6, 6.07) is 6.38. The minimum absolute atomic E-state index is 0.295. The molecule has 3 nitrogen and oxygen atoms in total. The van der Waals surface area contributed by atoms with Gasteiger partial charge in [-0.1, -0.05) is 26.3 Å². The predicted molar refractivity (Wildman–Crippen MR) is 82.8 cm³/mol. The van der Waals surface area contributed by atoms with E-state index in [1.807, 2.05) is 6.07 Å². The summed E-state index contributed by atoms with van der Waals surface area (Å²) in [6.07, 6.45) is 3.69. The quantitative estimate of drug-likeness (QED) is 0.739. The molecule has 0 aromatic heterocycles. The molecular weight excluding hydrogens is 250 g/mol. The summed E-state index contributed by atoms with van der Waals surface area (Å²) >= 11 is 0. The van der Waals surface area contributed by atoms with E-state index >= 15 is 0 Å². The highest BCUT2D eigenvalue weighted by atomic mass is 16.5. The molecule has 1 aromatic carbocycles. The maximum Gasteiger partial charge on any atom is 0.161 e. The van der Waals surface area contributed by atoms with Gasteiger partial charge in [0.25, 0.3) is 0 Å². The van der Waals surface area contributed by atoms with Crippen LogP contribution in [0.15, 0.2) is 18.2 Å². The summed E-state index contributed by atoms with van der Waals surface area (Å²) in [5, 5.41) is 3.59. The van der Waals surface area contributed by atoms with Gasteiger partial charge in [-0.05, 0) is 43.0 Å². The summed E-state index contributed by atoms with van der Waals surface area (Å²) in [4.78, 5) is 0. The lowest BCUT2D eigenvalue weighted by molar-refractivity contribution is 0.353. The maximum absolute atomic E-state index is 5.45. The topological polar surface area (TPSA) is 30.5 Å². The SMILES string of the molecule is CCCNCC1(c2ccc(OC)c(OC)c2)CC1CC. The van der Waals surface area contributed by atoms with Crippen LogP contribution >= 0.6 is 0 Å². The van der Waals surface area contributed by atoms with Crippen molar-refractivity contribution in [1.82, 2.24) is 5.32 Å². The van der Waals surface area contributed by atoms with E-state index < -0.39 is 0 Å². The lowest BCUT2D eigenvalue weighted by atomic mass is 9.91. The Kier molecular flexibility index (Phi) is 4.92. The van der Waals surface area contributed by atoms with Gasteiger partial charge in [0.05, 0.1) is 14.2 Å². The van der Waals surface area contributed by atoms with Crippen molar-refractivity contribution in [3.8, 4) is 11.5 Å². The van der Waals surface area contributed by atoms with E-state index in [2.05, 4.69) is 31.3 Å². The lowest BCUT2D eigenvalue weighted by Crippen LogP contribution is -2.29. The smallest absolute Gasteiger partial charge is 0.161 e. The highest BCUT2D eigenvalue weighted by Gasteiger charge is 2.53. The standard InChI is InChI=1S/C17H27NO2/c1-5-9-18-12-17(11-13(17)6-2)14-7-8-15(19-3)16(10-14)20-4/h7-8,10,13,18H,5-6,9,11-12H2,1-4H3. The first-order valence-corrected chi connectivity index (χ1v) is 7.65. The van der Waals surface area contributed by atoms with E-state index in [1.165, 1.54) is 24.8 Å². The number of ether oxygens (including phenoxy) is 2. The Bertz CT molecular complexity index is 447. The van der Waals surface area contributed by atoms with Gasteiger partial charge in [0, 0.05) is 12.0 Å². The first-order valence-electron chi connectivity index (χ1n) is 7.65. The van der Waals surface area contributed by atoms with Crippen LogP contribution in [0.3, 0.4) is 0 Å². The van der Waals surface area contributed by atoms with Gasteiger partial charge in [0.1, 0.15) is 0 Å². The van der Waals surface area contributed by atoms with Gasteiger partial charge in [0.2, 0.25) is 0 Å². The van der Waals surface area contributed by atoms with Crippen LogP contribution in [0.4, 0.5) is 0 Å². The van der Waals surface area contributed by atoms with Crippen molar-refractivity contribution >= 4 is 0 Å². The van der Waals surface area contributed by atoms with Crippen LogP contribution in [0, 0.1) is 5.92 Å². The molecular formula is C17H27NO2. The second-order valence-electron chi connectivity index (χ2n) is 5.71. The zero-order valence-corrected chi connectivity index (χ0v) is 13.2. The first kappa shape index (κ1) is 15.2. The highest BCUT2D eigenvalue weighted by Crippen LogP contribution is 2.56. The highest BCUT2D eigenvalue weighted by molar-refractivity contribution is 5.47. The second-order valence-corrected chi connectivity index (χ2v) is 5.71. The van der Waals surface area contributed by atoms with Crippen LogP contribution in [0.25, 0.3) is 0 Å². The summed E-state index contributed by atoms with van der Waals surface area (Å²) in [5.41, 5.74) is 1.68. The van der Waals surface area contributed by atoms with Crippen molar-refractivity contribution < 1.29 is 9.47 Å². The molecule has 1 aromatic rings. The van der Waals surface area contributed by atoms with Crippen molar-refractivity contribution in [3.63, 3.8) is 0 Å². The van der Waals surface area contributed by atoms with Crippen molar-refractivity contribution in [2.75, 3.05) is 27.3 Å². The van der Waals surface area contributed by atoms with Gasteiger partial charge in [-0.3, -0.25) is 0 Å². The molecule has 1 N–H and O–H groups in total. The van der Waals surface area contributed by atoms with Crippen molar-refractivity contribution in [2.24, 2.45) is 5.92 Å². The fourth-order valence-electron chi connectivity index (χ4n) is 3.22. The second kappa shape index (κ2) is 6.49. The fraction of sp³-hybridized carbons (Fsp3) is 0.647. The monoisotopic (exact) mass is 277 g/mol. The molecule has 0 aliphatic heterocycles. The van der Waals surface area contributed by atoms with Crippen LogP contribution in [0.5, 0.6) is 11.5 Å². The van der Waals surface area contributed by atoms with Crippen LogP contribution < -0.4 is 14.8 Å². The zero-order chi connectivity index (χ0) is 14.6. The van der Waals surface area contributed by atoms with E-state index in [4.69, 9.17) is 9.47 Å². The average Bonchev–Trinajstić information content (AvgIpc) is 3.21. The van der Waals surface area contributed by atoms with E-state index in [0.29, 0.717) is 5.41 Å². The van der Waals surface area contributed by atoms with E-state index in [1.54, 1.807) is 14.2 Å². The predicted octanol–water partition coefficient (Wildman–Crippen LogP) is 3.37. The van der Waals surface area contributed by atoms with Crippen LogP contribution in [0.1, 0.15) is 38.7 Å². The van der Waals surface area contributed by atoms with Crippen LogP contribution in [-0.4, -0.2) is 27.3 Å². The third-order valence-electron chi connectivity index (χ3n) is 4.55. The molecule has 20 heavy (non-hydrogen) atoms. The molecule has 2 unspecified atom stereocenters. The Balaban J connectivity index is 2.22. The Hall–Kier alpha value is -1.22. The number of hydrogen-bond acceptors (Lipinski definition) is 3. The molecule has 1 saturated carbocycles. The van der Waals surface area contributed by atoms with Crippen LogP contribution in [-0.2, 0) is 5.41 Å². The summed E-state index contributed by atoms with van der Waals surface area (Å²) < 4.78 is 10.8. The molecule has 0 amide bonds. The number of benzene rings is 1. The lowest BCUT2D eigenvalue weighted by Gasteiger charge is -2.20. The molecule has 0 radical (unpaired) electrons. The summed E-state index contributed by atoms with van der Waals surface area (Å²) in [7, 11) is 3.38. The zero-order valence-electron chi connectivity index (χ0n) is 13.2. The molecule has 112 valence electrons. The largest absolute Gasteiger partial charge is 0.493 e.